The lowest BCUT2D eigenvalue weighted by Gasteiger charge is -2.09. The maximum atomic E-state index is 11.1. The number of anilines is 1. The van der Waals surface area contributed by atoms with E-state index in [1.54, 1.807) is 24.3 Å². The van der Waals surface area contributed by atoms with Gasteiger partial charge in [-0.25, -0.2) is 14.8 Å². The molecule has 0 aliphatic carbocycles. The van der Waals surface area contributed by atoms with Crippen molar-refractivity contribution in [1.29, 1.82) is 0 Å². The average Bonchev–Trinajstić information content (AvgIpc) is 2.84. The Labute approximate surface area is 195 Å². The molecule has 4 aromatic rings. The minimum atomic E-state index is -1.22. The molecule has 0 aliphatic heterocycles. The highest BCUT2D eigenvalue weighted by Crippen LogP contribution is 2.25. The third kappa shape index (κ3) is 6.02. The van der Waals surface area contributed by atoms with Crippen LogP contribution in [0.4, 0.5) is 5.69 Å². The number of aromatic nitrogens is 2. The molecule has 7 nitrogen and oxygen atoms in total. The van der Waals surface area contributed by atoms with Crippen molar-refractivity contribution in [2.45, 2.75) is 12.4 Å². The first-order valence-electron chi connectivity index (χ1n) is 10.1. The van der Waals surface area contributed by atoms with Gasteiger partial charge in [-0.3, -0.25) is 0 Å². The Morgan fingerprint density at radius 2 is 1.73 bits per heavy atom. The van der Waals surface area contributed by atoms with E-state index in [-0.39, 0.29) is 17.9 Å². The predicted octanol–water partition coefficient (Wildman–Crippen LogP) is 5.39. The summed E-state index contributed by atoms with van der Waals surface area (Å²) in [7, 11) is 0. The van der Waals surface area contributed by atoms with E-state index in [4.69, 9.17) is 9.84 Å². The lowest BCUT2D eigenvalue weighted by atomic mass is 10.2. The van der Waals surface area contributed by atoms with Crippen molar-refractivity contribution in [3.05, 3.63) is 102 Å². The molecule has 0 amide bonds. The van der Waals surface area contributed by atoms with E-state index in [0.717, 1.165) is 22.6 Å². The van der Waals surface area contributed by atoms with E-state index in [1.165, 1.54) is 23.8 Å². The van der Waals surface area contributed by atoms with Crippen LogP contribution in [0, 0.1) is 0 Å². The smallest absolute Gasteiger partial charge is 0.339 e. The second kappa shape index (κ2) is 10.5. The quantitative estimate of drug-likeness (QED) is 0.286. The van der Waals surface area contributed by atoms with Gasteiger partial charge < -0.3 is 19.7 Å². The van der Waals surface area contributed by atoms with E-state index in [2.05, 4.69) is 26.8 Å². The van der Waals surface area contributed by atoms with Crippen LogP contribution in [0.5, 0.6) is 11.5 Å². The number of rotatable bonds is 9. The summed E-state index contributed by atoms with van der Waals surface area (Å²) in [6.45, 7) is 0.168. The van der Waals surface area contributed by atoms with Gasteiger partial charge >= 0.3 is 5.97 Å². The predicted molar refractivity (Wildman–Crippen MR) is 128 cm³/mol. The van der Waals surface area contributed by atoms with Crippen LogP contribution in [0.2, 0.25) is 0 Å². The SMILES string of the molecule is O=C(O)c1cc(OCc2cnc(-c3cccc(NSCc4ccccc4)c3)nc2)ccc1O. The van der Waals surface area contributed by atoms with Gasteiger partial charge in [-0.1, -0.05) is 42.5 Å². The third-order valence-corrected chi connectivity index (χ3v) is 5.56. The van der Waals surface area contributed by atoms with Gasteiger partial charge in [0.05, 0.1) is 0 Å². The molecule has 0 bridgehead atoms. The number of nitrogens with one attached hydrogen (secondary N) is 1. The summed E-state index contributed by atoms with van der Waals surface area (Å²) in [4.78, 5) is 20.0. The van der Waals surface area contributed by atoms with Crippen molar-refractivity contribution in [3.8, 4) is 22.9 Å². The highest BCUT2D eigenvalue weighted by Gasteiger charge is 2.11. The first-order valence-corrected chi connectivity index (χ1v) is 11.1. The Kier molecular flexibility index (Phi) is 7.06. The Hall–Kier alpha value is -4.04. The summed E-state index contributed by atoms with van der Waals surface area (Å²) < 4.78 is 8.97. The number of hydrogen-bond acceptors (Lipinski definition) is 7. The Morgan fingerprint density at radius 3 is 2.48 bits per heavy atom. The number of aromatic carboxylic acids is 1. The molecule has 4 rings (SSSR count). The van der Waals surface area contributed by atoms with Crippen LogP contribution in [-0.4, -0.2) is 26.2 Å². The fraction of sp³-hybridized carbons (Fsp3) is 0.0800. The number of phenols is 1. The van der Waals surface area contributed by atoms with Gasteiger partial charge in [0, 0.05) is 35.0 Å². The van der Waals surface area contributed by atoms with Crippen molar-refractivity contribution >= 4 is 23.6 Å². The number of nitrogens with zero attached hydrogens (tertiary/aromatic N) is 2. The maximum Gasteiger partial charge on any atom is 0.339 e. The van der Waals surface area contributed by atoms with Crippen LogP contribution in [0.1, 0.15) is 21.5 Å². The molecule has 3 aromatic carbocycles. The van der Waals surface area contributed by atoms with Gasteiger partial charge in [-0.15, -0.1) is 0 Å². The minimum absolute atomic E-state index is 0.168. The van der Waals surface area contributed by atoms with Crippen LogP contribution in [0.3, 0.4) is 0 Å². The Morgan fingerprint density at radius 1 is 0.939 bits per heavy atom. The van der Waals surface area contributed by atoms with Crippen molar-refractivity contribution in [2.75, 3.05) is 4.72 Å². The second-order valence-corrected chi connectivity index (χ2v) is 7.93. The van der Waals surface area contributed by atoms with Crippen molar-refractivity contribution < 1.29 is 19.7 Å². The van der Waals surface area contributed by atoms with Crippen LogP contribution >= 0.6 is 11.9 Å². The molecule has 0 fully saturated rings. The first kappa shape index (κ1) is 22.2. The molecule has 0 saturated heterocycles. The molecule has 0 aliphatic rings. The number of carboxylic acids is 1. The van der Waals surface area contributed by atoms with Crippen molar-refractivity contribution in [1.82, 2.24) is 9.97 Å². The van der Waals surface area contributed by atoms with Crippen LogP contribution in [0.15, 0.2) is 85.2 Å². The molecule has 1 heterocycles. The van der Waals surface area contributed by atoms with Crippen molar-refractivity contribution in [2.24, 2.45) is 0 Å². The highest BCUT2D eigenvalue weighted by atomic mass is 32.2. The zero-order chi connectivity index (χ0) is 23.0. The average molecular weight is 460 g/mol. The number of carboxylic acid groups (broad SMARTS) is 1. The molecule has 8 heteroatoms. The zero-order valence-electron chi connectivity index (χ0n) is 17.5. The minimum Gasteiger partial charge on any atom is -0.507 e. The standard InChI is InChI=1S/C25H21N3O4S/c29-23-10-9-21(12-22(23)25(30)31)32-15-18-13-26-24(27-14-18)19-7-4-8-20(11-19)28-33-16-17-5-2-1-3-6-17/h1-14,28-29H,15-16H2,(H,30,31). The summed E-state index contributed by atoms with van der Waals surface area (Å²) >= 11 is 1.61. The van der Waals surface area contributed by atoms with Gasteiger partial charge in [-0.2, -0.15) is 0 Å². The summed E-state index contributed by atoms with van der Waals surface area (Å²) in [6, 6.07) is 22.2. The van der Waals surface area contributed by atoms with Crippen LogP contribution in [-0.2, 0) is 12.4 Å². The van der Waals surface area contributed by atoms with Crippen LogP contribution in [0.25, 0.3) is 11.4 Å². The normalized spacial score (nSPS) is 10.5. The molecular formula is C25H21N3O4S. The summed E-state index contributed by atoms with van der Waals surface area (Å²) in [6.07, 6.45) is 3.34. The van der Waals surface area contributed by atoms with Gasteiger partial charge in [0.15, 0.2) is 5.82 Å². The van der Waals surface area contributed by atoms with Gasteiger partial charge in [-0.05, 0) is 47.8 Å². The Balaban J connectivity index is 1.35. The molecular weight excluding hydrogens is 438 g/mol. The number of benzene rings is 3. The monoisotopic (exact) mass is 459 g/mol. The van der Waals surface area contributed by atoms with Gasteiger partial charge in [0.25, 0.3) is 0 Å². The first-order chi connectivity index (χ1) is 16.1. The number of carbonyl (C=O) groups is 1. The lowest BCUT2D eigenvalue weighted by Crippen LogP contribution is -2.01. The topological polar surface area (TPSA) is 105 Å². The molecule has 1 aromatic heterocycles. The molecule has 0 saturated carbocycles. The van der Waals surface area contributed by atoms with E-state index in [9.17, 15) is 9.90 Å². The zero-order valence-corrected chi connectivity index (χ0v) is 18.3. The summed E-state index contributed by atoms with van der Waals surface area (Å²) in [5.74, 6) is 0.249. The van der Waals surface area contributed by atoms with E-state index >= 15 is 0 Å². The van der Waals surface area contributed by atoms with E-state index in [1.807, 2.05) is 42.5 Å². The van der Waals surface area contributed by atoms with Crippen LogP contribution < -0.4 is 9.46 Å². The maximum absolute atomic E-state index is 11.1. The fourth-order valence-electron chi connectivity index (χ4n) is 3.02. The lowest BCUT2D eigenvalue weighted by molar-refractivity contribution is 0.0693. The number of hydrogen-bond donors (Lipinski definition) is 3. The molecule has 0 spiro atoms. The Bertz CT molecular complexity index is 1230. The molecule has 3 N–H and O–H groups in total. The van der Waals surface area contributed by atoms with E-state index in [0.29, 0.717) is 11.6 Å². The van der Waals surface area contributed by atoms with Gasteiger partial charge in [0.2, 0.25) is 0 Å². The molecule has 33 heavy (non-hydrogen) atoms. The number of aromatic hydroxyl groups is 1. The third-order valence-electron chi connectivity index (χ3n) is 4.70. The molecule has 166 valence electrons. The van der Waals surface area contributed by atoms with Gasteiger partial charge in [0.1, 0.15) is 23.7 Å². The van der Waals surface area contributed by atoms with E-state index < -0.39 is 5.97 Å². The molecule has 0 atom stereocenters. The second-order valence-electron chi connectivity index (χ2n) is 7.14. The fourth-order valence-corrected chi connectivity index (χ4v) is 3.74. The van der Waals surface area contributed by atoms with Crippen molar-refractivity contribution in [3.63, 3.8) is 0 Å². The molecule has 0 radical (unpaired) electrons. The summed E-state index contributed by atoms with van der Waals surface area (Å²) in [5, 5.41) is 18.7. The number of ether oxygens (including phenoxy) is 1. The highest BCUT2D eigenvalue weighted by molar-refractivity contribution is 7.99. The largest absolute Gasteiger partial charge is 0.507 e. The molecule has 0 unspecified atom stereocenters. The summed E-state index contributed by atoms with van der Waals surface area (Å²) in [5.41, 5.74) is 3.62.